The number of carbonyl (C=O) groups is 1. The summed E-state index contributed by atoms with van der Waals surface area (Å²) in [6.07, 6.45) is 0.424. The van der Waals surface area contributed by atoms with Gasteiger partial charge in [0.1, 0.15) is 11.3 Å². The SMILES string of the molecule is COc1c(O)ccc(O)c1C=O. The van der Waals surface area contributed by atoms with E-state index in [0.29, 0.717) is 6.29 Å². The maximum absolute atomic E-state index is 10.4. The van der Waals surface area contributed by atoms with Gasteiger partial charge < -0.3 is 14.9 Å². The Balaban J connectivity index is 3.38. The minimum absolute atomic E-state index is 0.00926. The maximum atomic E-state index is 10.4. The quantitative estimate of drug-likeness (QED) is 0.509. The highest BCUT2D eigenvalue weighted by Gasteiger charge is 2.11. The number of phenolic OH excluding ortho intramolecular Hbond substituents is 2. The van der Waals surface area contributed by atoms with Crippen LogP contribution in [0.1, 0.15) is 10.4 Å². The molecule has 1 aromatic rings. The van der Waals surface area contributed by atoms with Crippen LogP contribution in [0.4, 0.5) is 0 Å². The lowest BCUT2D eigenvalue weighted by atomic mass is 10.2. The molecule has 0 spiro atoms. The second kappa shape index (κ2) is 3.13. The van der Waals surface area contributed by atoms with E-state index in [9.17, 15) is 4.79 Å². The number of aromatic hydroxyl groups is 2. The van der Waals surface area contributed by atoms with Crippen molar-refractivity contribution < 1.29 is 19.7 Å². The van der Waals surface area contributed by atoms with Crippen LogP contribution in [-0.2, 0) is 0 Å². The summed E-state index contributed by atoms with van der Waals surface area (Å²) in [5.41, 5.74) is -0.0440. The molecule has 0 aliphatic heterocycles. The Labute approximate surface area is 69.0 Å². The third kappa shape index (κ3) is 1.18. The highest BCUT2D eigenvalue weighted by molar-refractivity contribution is 5.85. The molecule has 0 aliphatic carbocycles. The Bertz CT molecular complexity index is 306. The van der Waals surface area contributed by atoms with Crippen molar-refractivity contribution in [3.63, 3.8) is 0 Å². The summed E-state index contributed by atoms with van der Waals surface area (Å²) in [4.78, 5) is 10.4. The average Bonchev–Trinajstić information content (AvgIpc) is 2.08. The lowest BCUT2D eigenvalue weighted by Gasteiger charge is -2.06. The van der Waals surface area contributed by atoms with E-state index in [0.717, 1.165) is 0 Å². The van der Waals surface area contributed by atoms with Crippen LogP contribution >= 0.6 is 0 Å². The van der Waals surface area contributed by atoms with Crippen LogP contribution in [0.3, 0.4) is 0 Å². The summed E-state index contributed by atoms with van der Waals surface area (Å²) in [5.74, 6) is -0.387. The van der Waals surface area contributed by atoms with Crippen LogP contribution in [-0.4, -0.2) is 23.6 Å². The maximum Gasteiger partial charge on any atom is 0.174 e. The van der Waals surface area contributed by atoms with Gasteiger partial charge in [0.2, 0.25) is 0 Å². The summed E-state index contributed by atoms with van der Waals surface area (Å²) in [5, 5.41) is 18.3. The average molecular weight is 168 g/mol. The zero-order valence-electron chi connectivity index (χ0n) is 6.44. The lowest BCUT2D eigenvalue weighted by molar-refractivity contribution is 0.111. The van der Waals surface area contributed by atoms with E-state index in [4.69, 9.17) is 14.9 Å². The topological polar surface area (TPSA) is 66.8 Å². The molecule has 0 saturated carbocycles. The van der Waals surface area contributed by atoms with E-state index in [1.807, 2.05) is 0 Å². The van der Waals surface area contributed by atoms with E-state index >= 15 is 0 Å². The number of hydrogen-bond acceptors (Lipinski definition) is 4. The second-order valence-electron chi connectivity index (χ2n) is 2.17. The van der Waals surface area contributed by atoms with E-state index in [1.165, 1.54) is 19.2 Å². The molecule has 12 heavy (non-hydrogen) atoms. The fourth-order valence-corrected chi connectivity index (χ4v) is 0.906. The van der Waals surface area contributed by atoms with E-state index in [-0.39, 0.29) is 22.8 Å². The molecule has 0 unspecified atom stereocenters. The van der Waals surface area contributed by atoms with Crippen molar-refractivity contribution in [3.05, 3.63) is 17.7 Å². The van der Waals surface area contributed by atoms with Crippen LogP contribution in [0.5, 0.6) is 17.2 Å². The molecular weight excluding hydrogens is 160 g/mol. The van der Waals surface area contributed by atoms with E-state index < -0.39 is 0 Å². The molecular formula is C8H8O4. The van der Waals surface area contributed by atoms with Gasteiger partial charge >= 0.3 is 0 Å². The van der Waals surface area contributed by atoms with Crippen molar-refractivity contribution >= 4 is 6.29 Å². The summed E-state index contributed by atoms with van der Waals surface area (Å²) < 4.78 is 4.71. The molecule has 0 saturated heterocycles. The fourth-order valence-electron chi connectivity index (χ4n) is 0.906. The summed E-state index contributed by atoms with van der Waals surface area (Å²) in [7, 11) is 1.31. The predicted octanol–water partition coefficient (Wildman–Crippen LogP) is 0.919. The zero-order chi connectivity index (χ0) is 9.14. The smallest absolute Gasteiger partial charge is 0.174 e. The van der Waals surface area contributed by atoms with Crippen LogP contribution in [0.2, 0.25) is 0 Å². The minimum Gasteiger partial charge on any atom is -0.507 e. The van der Waals surface area contributed by atoms with Gasteiger partial charge in [-0.1, -0.05) is 0 Å². The largest absolute Gasteiger partial charge is 0.507 e. The number of hydrogen-bond donors (Lipinski definition) is 2. The van der Waals surface area contributed by atoms with E-state index in [2.05, 4.69) is 0 Å². The molecule has 0 aliphatic rings. The normalized spacial score (nSPS) is 9.42. The van der Waals surface area contributed by atoms with Crippen molar-refractivity contribution in [1.82, 2.24) is 0 Å². The van der Waals surface area contributed by atoms with Gasteiger partial charge in [-0.15, -0.1) is 0 Å². The summed E-state index contributed by atoms with van der Waals surface area (Å²) in [6, 6.07) is 2.47. The molecule has 4 heteroatoms. The van der Waals surface area contributed by atoms with Crippen molar-refractivity contribution in [1.29, 1.82) is 0 Å². The number of rotatable bonds is 2. The Morgan fingerprint density at radius 1 is 1.33 bits per heavy atom. The highest BCUT2D eigenvalue weighted by atomic mass is 16.5. The first-order valence-electron chi connectivity index (χ1n) is 3.24. The first-order valence-corrected chi connectivity index (χ1v) is 3.24. The first-order chi connectivity index (χ1) is 5.70. The van der Waals surface area contributed by atoms with Crippen molar-refractivity contribution in [2.24, 2.45) is 0 Å². The summed E-state index contributed by atoms with van der Waals surface area (Å²) >= 11 is 0. The number of benzene rings is 1. The third-order valence-corrected chi connectivity index (χ3v) is 1.47. The molecule has 64 valence electrons. The Kier molecular flexibility index (Phi) is 2.19. The molecule has 0 atom stereocenters. The number of phenols is 2. The monoisotopic (exact) mass is 168 g/mol. The Morgan fingerprint density at radius 3 is 2.33 bits per heavy atom. The predicted molar refractivity (Wildman–Crippen MR) is 41.7 cm³/mol. The van der Waals surface area contributed by atoms with Crippen LogP contribution in [0.15, 0.2) is 12.1 Å². The minimum atomic E-state index is -0.209. The van der Waals surface area contributed by atoms with Crippen LogP contribution in [0, 0.1) is 0 Å². The highest BCUT2D eigenvalue weighted by Crippen LogP contribution is 2.34. The Hall–Kier alpha value is -1.71. The van der Waals surface area contributed by atoms with Crippen LogP contribution < -0.4 is 4.74 Å². The second-order valence-corrected chi connectivity index (χ2v) is 2.17. The molecule has 1 aromatic carbocycles. The lowest BCUT2D eigenvalue weighted by Crippen LogP contribution is -1.91. The van der Waals surface area contributed by atoms with E-state index in [1.54, 1.807) is 0 Å². The van der Waals surface area contributed by atoms with Gasteiger partial charge in [0.15, 0.2) is 17.8 Å². The van der Waals surface area contributed by atoms with Gasteiger partial charge in [0, 0.05) is 0 Å². The first kappa shape index (κ1) is 8.39. The van der Waals surface area contributed by atoms with Gasteiger partial charge in [-0.25, -0.2) is 0 Å². The molecule has 0 amide bonds. The molecule has 1 rings (SSSR count). The molecule has 0 heterocycles. The van der Waals surface area contributed by atoms with Gasteiger partial charge in [-0.2, -0.15) is 0 Å². The van der Waals surface area contributed by atoms with Crippen molar-refractivity contribution in [3.8, 4) is 17.2 Å². The zero-order valence-corrected chi connectivity index (χ0v) is 6.44. The van der Waals surface area contributed by atoms with Crippen molar-refractivity contribution in [2.45, 2.75) is 0 Å². The molecule has 0 radical (unpaired) electrons. The Morgan fingerprint density at radius 2 is 1.92 bits per heavy atom. The van der Waals surface area contributed by atoms with Gasteiger partial charge in [0.25, 0.3) is 0 Å². The number of methoxy groups -OCH3 is 1. The fraction of sp³-hybridized carbons (Fsp3) is 0.125. The van der Waals surface area contributed by atoms with Crippen LogP contribution in [0.25, 0.3) is 0 Å². The molecule has 0 aromatic heterocycles. The number of carbonyl (C=O) groups excluding carboxylic acids is 1. The number of aldehydes is 1. The number of ether oxygens (including phenoxy) is 1. The molecule has 4 nitrogen and oxygen atoms in total. The summed E-state index contributed by atoms with van der Waals surface area (Å²) in [6.45, 7) is 0. The van der Waals surface area contributed by atoms with Gasteiger partial charge in [-0.05, 0) is 12.1 Å². The van der Waals surface area contributed by atoms with Gasteiger partial charge in [-0.3, -0.25) is 4.79 Å². The molecule has 0 fully saturated rings. The molecule has 2 N–H and O–H groups in total. The van der Waals surface area contributed by atoms with Crippen molar-refractivity contribution in [2.75, 3.05) is 7.11 Å². The molecule has 0 bridgehead atoms. The van der Waals surface area contributed by atoms with Gasteiger partial charge in [0.05, 0.1) is 7.11 Å². The third-order valence-electron chi connectivity index (χ3n) is 1.47. The standard InChI is InChI=1S/C8H8O4/c1-12-8-5(4-9)6(10)2-3-7(8)11/h2-4,10-11H,1H3.